The number of benzene rings is 1. The number of amides is 1. The predicted octanol–water partition coefficient (Wildman–Crippen LogP) is 3.73. The predicted molar refractivity (Wildman–Crippen MR) is 109 cm³/mol. The molecule has 2 aliphatic rings. The van der Waals surface area contributed by atoms with E-state index >= 15 is 0 Å². The lowest BCUT2D eigenvalue weighted by atomic mass is 9.75. The molecule has 5 rings (SSSR count). The van der Waals surface area contributed by atoms with Gasteiger partial charge < -0.3 is 4.74 Å². The maximum atomic E-state index is 12.7. The number of nitrogens with one attached hydrogen (secondary N) is 1. The van der Waals surface area contributed by atoms with Crippen LogP contribution < -0.4 is 5.32 Å². The third kappa shape index (κ3) is 3.22. The molecule has 3 aromatic rings. The Hall–Kier alpha value is -3.61. The summed E-state index contributed by atoms with van der Waals surface area (Å²) < 4.78 is 5.73. The van der Waals surface area contributed by atoms with Crippen molar-refractivity contribution in [3.8, 4) is 11.1 Å². The fraction of sp³-hybridized carbons (Fsp3) is 0.261. The third-order valence-electron chi connectivity index (χ3n) is 5.98. The van der Waals surface area contributed by atoms with Crippen LogP contribution in [0.2, 0.25) is 0 Å². The molecule has 0 bridgehead atoms. The first-order valence-corrected chi connectivity index (χ1v) is 10.0. The van der Waals surface area contributed by atoms with Gasteiger partial charge in [0.25, 0.3) is 0 Å². The van der Waals surface area contributed by atoms with Gasteiger partial charge in [0.15, 0.2) is 0 Å². The third-order valence-corrected chi connectivity index (χ3v) is 5.98. The van der Waals surface area contributed by atoms with Crippen molar-refractivity contribution in [3.63, 3.8) is 0 Å². The zero-order valence-electron chi connectivity index (χ0n) is 16.2. The van der Waals surface area contributed by atoms with Gasteiger partial charge in [-0.3, -0.25) is 15.1 Å². The maximum absolute atomic E-state index is 12.7. The van der Waals surface area contributed by atoms with E-state index in [0.717, 1.165) is 16.7 Å². The second-order valence-electron chi connectivity index (χ2n) is 7.73. The first-order valence-electron chi connectivity index (χ1n) is 10.0. The topological polar surface area (TPSA) is 94.1 Å². The number of ether oxygens (including phenoxy) is 1. The van der Waals surface area contributed by atoms with E-state index < -0.39 is 5.60 Å². The number of nitrogens with zero attached hydrogens (tertiary/aromatic N) is 3. The van der Waals surface area contributed by atoms with Crippen molar-refractivity contribution < 1.29 is 14.3 Å². The van der Waals surface area contributed by atoms with Gasteiger partial charge in [0.05, 0.1) is 5.56 Å². The Balaban J connectivity index is 1.23. The van der Waals surface area contributed by atoms with E-state index in [1.165, 1.54) is 0 Å². The molecule has 7 heteroatoms. The number of aromatic nitrogens is 3. The number of esters is 1. The largest absolute Gasteiger partial charge is 0.450 e. The molecule has 1 spiro atoms. The van der Waals surface area contributed by atoms with Gasteiger partial charge in [-0.05, 0) is 37.3 Å². The number of anilines is 1. The Morgan fingerprint density at radius 3 is 2.47 bits per heavy atom. The monoisotopic (exact) mass is 400 g/mol. The van der Waals surface area contributed by atoms with Gasteiger partial charge in [-0.15, -0.1) is 0 Å². The number of rotatable bonds is 3. The zero-order valence-corrected chi connectivity index (χ0v) is 16.2. The molecule has 1 N–H and O–H groups in total. The smallest absolute Gasteiger partial charge is 0.339 e. The van der Waals surface area contributed by atoms with Crippen LogP contribution in [-0.4, -0.2) is 26.8 Å². The SMILES string of the molecule is O=C1O[C@]2(CC[C@@H](C(=O)Nc3ncc(-c4ccccc4)cn3)CC2)c2cnccc21. The van der Waals surface area contributed by atoms with Crippen molar-refractivity contribution in [1.82, 2.24) is 15.0 Å². The molecule has 2 aromatic heterocycles. The Morgan fingerprint density at radius 1 is 1.00 bits per heavy atom. The highest BCUT2D eigenvalue weighted by Gasteiger charge is 2.48. The molecule has 0 unspecified atom stereocenters. The minimum atomic E-state index is -0.648. The van der Waals surface area contributed by atoms with Crippen molar-refractivity contribution in [3.05, 3.63) is 72.3 Å². The van der Waals surface area contributed by atoms with Crippen molar-refractivity contribution in [2.75, 3.05) is 5.32 Å². The van der Waals surface area contributed by atoms with E-state index in [0.29, 0.717) is 37.2 Å². The van der Waals surface area contributed by atoms with Gasteiger partial charge in [-0.25, -0.2) is 14.8 Å². The summed E-state index contributed by atoms with van der Waals surface area (Å²) in [5.41, 5.74) is 2.69. The van der Waals surface area contributed by atoms with Crippen LogP contribution in [0.15, 0.2) is 61.2 Å². The van der Waals surface area contributed by atoms with E-state index in [9.17, 15) is 9.59 Å². The molecule has 3 heterocycles. The standard InChI is InChI=1S/C23H20N4O3/c28-20(27-22-25-12-17(13-26-22)15-4-2-1-3-5-15)16-6-9-23(10-7-16)19-14-24-11-8-18(19)21(29)30-23/h1-5,8,11-14,16H,6-7,9-10H2,(H,25,26,27,28)/t16-,23+. The van der Waals surface area contributed by atoms with Crippen molar-refractivity contribution in [1.29, 1.82) is 0 Å². The molecule has 1 aliphatic carbocycles. The van der Waals surface area contributed by atoms with Gasteiger partial charge in [0.2, 0.25) is 11.9 Å². The Kier molecular flexibility index (Phi) is 4.50. The van der Waals surface area contributed by atoms with Crippen LogP contribution >= 0.6 is 0 Å². The van der Waals surface area contributed by atoms with Crippen LogP contribution in [0, 0.1) is 5.92 Å². The summed E-state index contributed by atoms with van der Waals surface area (Å²) in [4.78, 5) is 37.6. The molecule has 1 amide bonds. The summed E-state index contributed by atoms with van der Waals surface area (Å²) in [6, 6.07) is 11.5. The molecule has 7 nitrogen and oxygen atoms in total. The molecule has 150 valence electrons. The molecule has 30 heavy (non-hydrogen) atoms. The van der Waals surface area contributed by atoms with Gasteiger partial charge in [-0.2, -0.15) is 0 Å². The number of pyridine rings is 1. The van der Waals surface area contributed by atoms with Gasteiger partial charge >= 0.3 is 5.97 Å². The highest BCUT2D eigenvalue weighted by Crippen LogP contribution is 2.47. The summed E-state index contributed by atoms with van der Waals surface area (Å²) in [5, 5.41) is 2.82. The fourth-order valence-electron chi connectivity index (χ4n) is 4.33. The van der Waals surface area contributed by atoms with E-state index in [1.54, 1.807) is 30.9 Å². The molecule has 0 atom stereocenters. The van der Waals surface area contributed by atoms with E-state index in [4.69, 9.17) is 4.74 Å². The Morgan fingerprint density at radius 2 is 1.73 bits per heavy atom. The number of hydrogen-bond donors (Lipinski definition) is 1. The molecule has 1 aliphatic heterocycles. The van der Waals surface area contributed by atoms with Gasteiger partial charge in [-0.1, -0.05) is 30.3 Å². The highest BCUT2D eigenvalue weighted by atomic mass is 16.6. The minimum absolute atomic E-state index is 0.104. The lowest BCUT2D eigenvalue weighted by Gasteiger charge is -2.35. The molecular weight excluding hydrogens is 380 g/mol. The lowest BCUT2D eigenvalue weighted by molar-refractivity contribution is -0.122. The van der Waals surface area contributed by atoms with Gasteiger partial charge in [0.1, 0.15) is 5.60 Å². The van der Waals surface area contributed by atoms with Crippen LogP contribution in [-0.2, 0) is 15.1 Å². The molecule has 0 saturated heterocycles. The zero-order chi connectivity index (χ0) is 20.6. The highest BCUT2D eigenvalue weighted by molar-refractivity contribution is 5.95. The molecule has 1 saturated carbocycles. The summed E-state index contributed by atoms with van der Waals surface area (Å²) in [5.74, 6) is -0.287. The minimum Gasteiger partial charge on any atom is -0.450 e. The van der Waals surface area contributed by atoms with Crippen LogP contribution in [0.4, 0.5) is 5.95 Å². The molecule has 0 radical (unpaired) electrons. The van der Waals surface area contributed by atoms with Crippen LogP contribution in [0.5, 0.6) is 0 Å². The van der Waals surface area contributed by atoms with Crippen LogP contribution in [0.3, 0.4) is 0 Å². The molecule has 1 aromatic carbocycles. The van der Waals surface area contributed by atoms with Gasteiger partial charge in [0, 0.05) is 41.8 Å². The first-order chi connectivity index (χ1) is 14.6. The first kappa shape index (κ1) is 18.4. The van der Waals surface area contributed by atoms with Crippen LogP contribution in [0.25, 0.3) is 11.1 Å². The summed E-state index contributed by atoms with van der Waals surface area (Å²) in [7, 11) is 0. The maximum Gasteiger partial charge on any atom is 0.339 e. The van der Waals surface area contributed by atoms with E-state index in [1.807, 2.05) is 30.3 Å². The molecular formula is C23H20N4O3. The van der Waals surface area contributed by atoms with Crippen LogP contribution in [0.1, 0.15) is 41.6 Å². The van der Waals surface area contributed by atoms with Crippen molar-refractivity contribution in [2.45, 2.75) is 31.3 Å². The quantitative estimate of drug-likeness (QED) is 0.673. The number of carbonyl (C=O) groups is 2. The molecule has 1 fully saturated rings. The second kappa shape index (κ2) is 7.33. The number of hydrogen-bond acceptors (Lipinski definition) is 6. The number of carbonyl (C=O) groups excluding carboxylic acids is 2. The summed E-state index contributed by atoms with van der Waals surface area (Å²) in [6.45, 7) is 0. The summed E-state index contributed by atoms with van der Waals surface area (Å²) >= 11 is 0. The lowest BCUT2D eigenvalue weighted by Crippen LogP contribution is -2.36. The number of fused-ring (bicyclic) bond motifs is 2. The van der Waals surface area contributed by atoms with E-state index in [-0.39, 0.29) is 17.8 Å². The van der Waals surface area contributed by atoms with Crippen molar-refractivity contribution in [2.24, 2.45) is 5.92 Å². The Bertz CT molecular complexity index is 1090. The summed E-state index contributed by atoms with van der Waals surface area (Å²) in [6.07, 6.45) is 9.16. The van der Waals surface area contributed by atoms with E-state index in [2.05, 4.69) is 20.3 Å². The Labute approximate surface area is 173 Å². The average Bonchev–Trinajstić information content (AvgIpc) is 3.07. The fourth-order valence-corrected chi connectivity index (χ4v) is 4.33. The average molecular weight is 400 g/mol. The normalized spacial score (nSPS) is 22.4. The van der Waals surface area contributed by atoms with Crippen molar-refractivity contribution >= 4 is 17.8 Å². The second-order valence-corrected chi connectivity index (χ2v) is 7.73.